The molecule has 2 aromatic carbocycles. The largest absolute Gasteiger partial charge is 0.504 e. The number of hydrogen-bond acceptors (Lipinski definition) is 8. The van der Waals surface area contributed by atoms with Crippen molar-refractivity contribution < 1.29 is 37.7 Å². The van der Waals surface area contributed by atoms with E-state index in [1.165, 1.54) is 29.8 Å². The molecule has 8 nitrogen and oxygen atoms in total. The van der Waals surface area contributed by atoms with Crippen LogP contribution in [0, 0.1) is 76.7 Å². The zero-order valence-corrected chi connectivity index (χ0v) is 37.5. The molecule has 10 heteroatoms. The van der Waals surface area contributed by atoms with Crippen molar-refractivity contribution in [3.05, 3.63) is 132 Å². The molecule has 0 radical (unpaired) electrons. The van der Waals surface area contributed by atoms with Gasteiger partial charge >= 0.3 is 11.9 Å². The molecule has 4 saturated carbocycles. The van der Waals surface area contributed by atoms with Gasteiger partial charge in [-0.15, -0.1) is 0 Å². The minimum atomic E-state index is -0.258. The molecule has 1 N–H and O–H groups in total. The van der Waals surface area contributed by atoms with E-state index in [1.807, 2.05) is 56.5 Å². The Bertz CT molecular complexity index is 2420. The number of carbonyl (C=O) groups excluding carboxylic acids is 2. The maximum atomic E-state index is 13.6. The van der Waals surface area contributed by atoms with Crippen molar-refractivity contribution >= 4 is 24.1 Å². The first-order chi connectivity index (χ1) is 31.6. The quantitative estimate of drug-likeness (QED) is 0.138. The predicted octanol–water partition coefficient (Wildman–Crippen LogP) is 11.2. The van der Waals surface area contributed by atoms with Crippen LogP contribution in [-0.2, 0) is 23.8 Å². The van der Waals surface area contributed by atoms with Crippen LogP contribution in [0.1, 0.15) is 76.6 Å². The molecule has 0 spiro atoms. The number of pyridine rings is 2. The van der Waals surface area contributed by atoms with Crippen LogP contribution in [-0.4, -0.2) is 52.9 Å². The summed E-state index contributed by atoms with van der Waals surface area (Å²) in [5, 5.41) is 9.67. The van der Waals surface area contributed by atoms with Crippen LogP contribution in [0.5, 0.6) is 0 Å². The minimum Gasteiger partial charge on any atom is -0.504 e. The van der Waals surface area contributed by atoms with Crippen LogP contribution in [0.4, 0.5) is 8.78 Å². The summed E-state index contributed by atoms with van der Waals surface area (Å²) in [6.07, 6.45) is 22.0. The predicted molar refractivity (Wildman–Crippen MR) is 246 cm³/mol. The Morgan fingerprint density at radius 2 is 1.23 bits per heavy atom. The highest BCUT2D eigenvalue weighted by Crippen LogP contribution is 2.56. The SMILES string of the molecule is CO/C=C1\CC[C@@H]2[C@@H](C1)C[C@H]1C(=O)O[C@H](C)[C@H]1[C@H]2/C=C/c1ccc(-c2cccc(F)c2)cn1.C[C@H]1OC(=O)[C@@H]2C[C@@H]3C[C@H](CO)CC[C@H]3[C@H](/C=C/c3ccc(-c4cccc(F)c4)cn3)[C@H]12. The third-order valence-corrected chi connectivity index (χ3v) is 15.7. The topological polar surface area (TPSA) is 108 Å². The van der Waals surface area contributed by atoms with E-state index in [-0.39, 0.29) is 77.9 Å². The van der Waals surface area contributed by atoms with Crippen molar-refractivity contribution in [3.8, 4) is 22.3 Å². The number of aliphatic hydroxyl groups excluding tert-OH is 1. The number of ether oxygens (including phenoxy) is 3. The molecule has 340 valence electrons. The number of methoxy groups -OCH3 is 1. The molecule has 13 atom stereocenters. The van der Waals surface area contributed by atoms with E-state index < -0.39 is 0 Å². The third kappa shape index (κ3) is 9.60. The van der Waals surface area contributed by atoms with Crippen LogP contribution in [0.3, 0.4) is 0 Å². The summed E-state index contributed by atoms with van der Waals surface area (Å²) in [5.41, 5.74) is 6.45. The Morgan fingerprint density at radius 3 is 1.72 bits per heavy atom. The summed E-state index contributed by atoms with van der Waals surface area (Å²) in [6, 6.07) is 20.9. The molecule has 6 fully saturated rings. The van der Waals surface area contributed by atoms with Gasteiger partial charge in [-0.05, 0) is 172 Å². The maximum Gasteiger partial charge on any atom is 0.309 e. The average Bonchev–Trinajstić information content (AvgIpc) is 3.77. The van der Waals surface area contributed by atoms with Crippen molar-refractivity contribution in [1.29, 1.82) is 0 Å². The van der Waals surface area contributed by atoms with Crippen LogP contribution in [0.25, 0.3) is 34.4 Å². The second-order valence-electron chi connectivity index (χ2n) is 19.4. The van der Waals surface area contributed by atoms with E-state index in [2.05, 4.69) is 34.3 Å². The zero-order valence-electron chi connectivity index (χ0n) is 37.5. The molecule has 2 aromatic heterocycles. The molecule has 65 heavy (non-hydrogen) atoms. The van der Waals surface area contributed by atoms with Gasteiger partial charge in [0.2, 0.25) is 0 Å². The van der Waals surface area contributed by atoms with Gasteiger partial charge in [-0.2, -0.15) is 0 Å². The number of hydrogen-bond donors (Lipinski definition) is 1. The van der Waals surface area contributed by atoms with E-state index in [4.69, 9.17) is 14.2 Å². The Labute approximate surface area is 381 Å². The number of rotatable bonds is 8. The van der Waals surface area contributed by atoms with Gasteiger partial charge in [-0.3, -0.25) is 19.6 Å². The number of halogens is 2. The minimum absolute atomic E-state index is 0.0268. The Kier molecular flexibility index (Phi) is 13.4. The molecule has 4 heterocycles. The number of fused-ring (bicyclic) bond motifs is 4. The van der Waals surface area contributed by atoms with E-state index >= 15 is 0 Å². The fourth-order valence-corrected chi connectivity index (χ4v) is 12.8. The first kappa shape index (κ1) is 44.7. The van der Waals surface area contributed by atoms with Crippen LogP contribution < -0.4 is 0 Å². The first-order valence-corrected chi connectivity index (χ1v) is 23.6. The Hall–Kier alpha value is -5.48. The summed E-state index contributed by atoms with van der Waals surface area (Å²) in [6.45, 7) is 4.30. The van der Waals surface area contributed by atoms with E-state index in [9.17, 15) is 23.5 Å². The fraction of sp³-hybridized carbons (Fsp3) is 0.455. The highest BCUT2D eigenvalue weighted by molar-refractivity contribution is 5.76. The molecule has 6 aliphatic rings. The van der Waals surface area contributed by atoms with E-state index in [0.717, 1.165) is 85.0 Å². The molecular formula is C55H60F2N2O6. The van der Waals surface area contributed by atoms with Gasteiger partial charge in [0.1, 0.15) is 23.8 Å². The van der Waals surface area contributed by atoms with Gasteiger partial charge in [-0.1, -0.05) is 48.6 Å². The maximum absolute atomic E-state index is 13.6. The summed E-state index contributed by atoms with van der Waals surface area (Å²) in [7, 11) is 1.70. The van der Waals surface area contributed by atoms with Crippen LogP contribution in [0.2, 0.25) is 0 Å². The van der Waals surface area contributed by atoms with E-state index in [0.29, 0.717) is 29.6 Å². The number of nitrogens with zero attached hydrogens (tertiary/aromatic N) is 2. The number of allylic oxidation sites excluding steroid dienone is 3. The number of aliphatic hydroxyl groups is 1. The monoisotopic (exact) mass is 882 g/mol. The van der Waals surface area contributed by atoms with Gasteiger partial charge in [0, 0.05) is 42.0 Å². The molecule has 0 amide bonds. The number of aromatic nitrogens is 2. The lowest BCUT2D eigenvalue weighted by Crippen LogP contribution is -2.44. The Morgan fingerprint density at radius 1 is 0.692 bits per heavy atom. The van der Waals surface area contributed by atoms with Crippen LogP contribution >= 0.6 is 0 Å². The van der Waals surface area contributed by atoms with Crippen molar-refractivity contribution in [1.82, 2.24) is 9.97 Å². The van der Waals surface area contributed by atoms with Crippen molar-refractivity contribution in [2.45, 2.75) is 77.4 Å². The fourth-order valence-electron chi connectivity index (χ4n) is 12.8. The normalized spacial score (nSPS) is 33.3. The molecule has 2 aliphatic heterocycles. The summed E-state index contributed by atoms with van der Waals surface area (Å²) >= 11 is 0. The number of benzene rings is 2. The molecule has 10 rings (SSSR count). The number of esters is 2. The lowest BCUT2D eigenvalue weighted by molar-refractivity contribution is -0.145. The highest BCUT2D eigenvalue weighted by atomic mass is 19.1. The zero-order chi connectivity index (χ0) is 45.2. The van der Waals surface area contributed by atoms with Gasteiger partial charge in [0.15, 0.2) is 0 Å². The van der Waals surface area contributed by atoms with Gasteiger partial charge in [-0.25, -0.2) is 8.78 Å². The second kappa shape index (κ2) is 19.5. The number of carbonyl (C=O) groups is 2. The third-order valence-electron chi connectivity index (χ3n) is 15.7. The summed E-state index contributed by atoms with van der Waals surface area (Å²) < 4.78 is 43.7. The second-order valence-corrected chi connectivity index (χ2v) is 19.4. The van der Waals surface area contributed by atoms with Crippen molar-refractivity contribution in [2.24, 2.45) is 65.1 Å². The van der Waals surface area contributed by atoms with Crippen molar-refractivity contribution in [2.75, 3.05) is 13.7 Å². The lowest BCUT2D eigenvalue weighted by atomic mass is 9.56. The molecular weight excluding hydrogens is 823 g/mol. The molecule has 4 aromatic rings. The van der Waals surface area contributed by atoms with Gasteiger partial charge < -0.3 is 19.3 Å². The Balaban J connectivity index is 0.000000164. The van der Waals surface area contributed by atoms with E-state index in [1.54, 1.807) is 31.6 Å². The molecule has 0 unspecified atom stereocenters. The van der Waals surface area contributed by atoms with Gasteiger partial charge in [0.25, 0.3) is 0 Å². The highest BCUT2D eigenvalue weighted by Gasteiger charge is 2.55. The molecule has 2 saturated heterocycles. The summed E-state index contributed by atoms with van der Waals surface area (Å²) in [4.78, 5) is 34.3. The molecule has 4 aliphatic carbocycles. The van der Waals surface area contributed by atoms with Crippen molar-refractivity contribution in [3.63, 3.8) is 0 Å². The number of cyclic esters (lactones) is 2. The average molecular weight is 883 g/mol. The standard InChI is InChI=1S/C28H30FNO3.C27H30FNO3/c1-17-27-25(11-9-23-8-7-20(15-30-23)19-4-3-5-22(29)13-19)24-10-6-18(16-32-2)12-21(24)14-26(27)28(31)33-17;1-16-26-24(23-9-5-17(15-30)11-20(23)13-25(26)27(31)32-16)10-8-22-7-6-19(14-29-22)18-3-2-4-21(28)12-18/h3-5,7-9,11,13,15-17,21,24-27H,6,10,12,14H2,1-2H3;2-4,6-8,10,12,14,16-17,20,23-26,30H,5,9,11,13,15H2,1H3/b11-9+,18-16+;10-8+/t17-,21+,24-,25+,26-,27+;16-,17-,20+,23-,24+,25-,26+/m11/s1. The first-order valence-electron chi connectivity index (χ1n) is 23.6. The molecule has 0 bridgehead atoms. The van der Waals surface area contributed by atoms with Crippen LogP contribution in [0.15, 0.2) is 109 Å². The van der Waals surface area contributed by atoms with Gasteiger partial charge in [0.05, 0.1) is 36.6 Å². The lowest BCUT2D eigenvalue weighted by Gasteiger charge is -2.47. The summed E-state index contributed by atoms with van der Waals surface area (Å²) in [5.74, 6) is 2.62. The smallest absolute Gasteiger partial charge is 0.309 e.